The van der Waals surface area contributed by atoms with Crippen LogP contribution in [-0.4, -0.2) is 16.9 Å². The third-order valence-corrected chi connectivity index (χ3v) is 3.10. The molecule has 0 aliphatic carbocycles. The molecule has 3 nitrogen and oxygen atoms in total. The van der Waals surface area contributed by atoms with Crippen molar-refractivity contribution in [3.63, 3.8) is 0 Å². The van der Waals surface area contributed by atoms with Crippen LogP contribution in [-0.2, 0) is 0 Å². The first-order valence-electron chi connectivity index (χ1n) is 5.76. The molecule has 0 saturated heterocycles. The van der Waals surface area contributed by atoms with Crippen molar-refractivity contribution in [1.29, 1.82) is 0 Å². The summed E-state index contributed by atoms with van der Waals surface area (Å²) in [6, 6.07) is 7.77. The Morgan fingerprint density at radius 2 is 2.12 bits per heavy atom. The Bertz CT molecular complexity index is 619. The highest BCUT2D eigenvalue weighted by Gasteiger charge is 2.27. The van der Waals surface area contributed by atoms with Crippen molar-refractivity contribution < 1.29 is 9.53 Å². The maximum atomic E-state index is 12.0. The van der Waals surface area contributed by atoms with Gasteiger partial charge in [0.1, 0.15) is 11.9 Å². The average Bonchev–Trinajstić information content (AvgIpc) is 2.28. The van der Waals surface area contributed by atoms with Crippen LogP contribution in [0.5, 0.6) is 5.75 Å². The molecule has 86 valence electrons. The van der Waals surface area contributed by atoms with E-state index in [4.69, 9.17) is 4.74 Å². The Labute approximate surface area is 99.4 Å². The van der Waals surface area contributed by atoms with E-state index in [0.717, 1.165) is 16.6 Å². The van der Waals surface area contributed by atoms with Gasteiger partial charge in [0.05, 0.1) is 16.8 Å². The second kappa shape index (κ2) is 3.55. The first-order valence-corrected chi connectivity index (χ1v) is 5.76. The van der Waals surface area contributed by atoms with Crippen LogP contribution >= 0.6 is 0 Å². The summed E-state index contributed by atoms with van der Waals surface area (Å²) in [5.74, 6) is 0.839. The molecule has 3 rings (SSSR count). The van der Waals surface area contributed by atoms with Crippen LogP contribution in [0.25, 0.3) is 10.9 Å². The lowest BCUT2D eigenvalue weighted by Crippen LogP contribution is -2.25. The topological polar surface area (TPSA) is 39.2 Å². The summed E-state index contributed by atoms with van der Waals surface area (Å²) in [6.07, 6.45) is 0.383. The Balaban J connectivity index is 2.39. The van der Waals surface area contributed by atoms with Gasteiger partial charge in [0.25, 0.3) is 0 Å². The van der Waals surface area contributed by atoms with E-state index in [1.165, 1.54) is 0 Å². The molecule has 0 N–H and O–H groups in total. The van der Waals surface area contributed by atoms with E-state index >= 15 is 0 Å². The first-order chi connectivity index (χ1) is 8.16. The second-order valence-electron chi connectivity index (χ2n) is 4.47. The highest BCUT2D eigenvalue weighted by molar-refractivity contribution is 6.05. The Morgan fingerprint density at radius 3 is 2.94 bits per heavy atom. The molecular weight excluding hydrogens is 214 g/mol. The van der Waals surface area contributed by atoms with Gasteiger partial charge in [0.2, 0.25) is 0 Å². The van der Waals surface area contributed by atoms with E-state index in [1.54, 1.807) is 0 Å². The molecule has 0 radical (unpaired) electrons. The maximum absolute atomic E-state index is 12.0. The number of ketones is 1. The third kappa shape index (κ3) is 1.50. The molecule has 1 unspecified atom stereocenters. The molecule has 0 spiro atoms. The smallest absolute Gasteiger partial charge is 0.172 e. The minimum absolute atomic E-state index is 0.0554. The Morgan fingerprint density at radius 1 is 1.35 bits per heavy atom. The highest BCUT2D eigenvalue weighted by Crippen LogP contribution is 2.35. The van der Waals surface area contributed by atoms with E-state index in [0.29, 0.717) is 17.7 Å². The van der Waals surface area contributed by atoms with Gasteiger partial charge in [0.15, 0.2) is 5.78 Å². The van der Waals surface area contributed by atoms with Gasteiger partial charge in [-0.15, -0.1) is 0 Å². The fourth-order valence-corrected chi connectivity index (χ4v) is 2.36. The van der Waals surface area contributed by atoms with Crippen LogP contribution in [0, 0.1) is 6.92 Å². The van der Waals surface area contributed by atoms with Crippen LogP contribution in [0.1, 0.15) is 29.4 Å². The van der Waals surface area contributed by atoms with Crippen LogP contribution in [0.3, 0.4) is 0 Å². The number of ether oxygens (including phenoxy) is 1. The lowest BCUT2D eigenvalue weighted by molar-refractivity contribution is 0.0872. The molecule has 1 aromatic carbocycles. The van der Waals surface area contributed by atoms with Gasteiger partial charge in [-0.3, -0.25) is 9.78 Å². The van der Waals surface area contributed by atoms with Crippen LogP contribution in [0.2, 0.25) is 0 Å². The van der Waals surface area contributed by atoms with E-state index in [-0.39, 0.29) is 11.9 Å². The largest absolute Gasteiger partial charge is 0.489 e. The third-order valence-electron chi connectivity index (χ3n) is 3.10. The quantitative estimate of drug-likeness (QED) is 0.694. The molecule has 17 heavy (non-hydrogen) atoms. The summed E-state index contributed by atoms with van der Waals surface area (Å²) in [6.45, 7) is 3.79. The van der Waals surface area contributed by atoms with Crippen molar-refractivity contribution in [3.8, 4) is 5.75 Å². The van der Waals surface area contributed by atoms with E-state index in [2.05, 4.69) is 4.98 Å². The summed E-state index contributed by atoms with van der Waals surface area (Å²) < 4.78 is 5.84. The molecule has 0 bridgehead atoms. The second-order valence-corrected chi connectivity index (χ2v) is 4.47. The van der Waals surface area contributed by atoms with Gasteiger partial charge >= 0.3 is 0 Å². The summed E-state index contributed by atoms with van der Waals surface area (Å²) in [7, 11) is 0. The molecule has 1 atom stereocenters. The normalized spacial score (nSPS) is 18.9. The van der Waals surface area contributed by atoms with Crippen molar-refractivity contribution in [2.24, 2.45) is 0 Å². The van der Waals surface area contributed by atoms with Gasteiger partial charge in [-0.25, -0.2) is 0 Å². The number of para-hydroxylation sites is 1. The molecule has 1 aliphatic heterocycles. The number of pyridine rings is 1. The van der Waals surface area contributed by atoms with Crippen molar-refractivity contribution in [2.75, 3.05) is 0 Å². The van der Waals surface area contributed by atoms with Crippen LogP contribution < -0.4 is 4.74 Å². The predicted octanol–water partition coefficient (Wildman–Crippen LogP) is 2.90. The fraction of sp³-hybridized carbons (Fsp3) is 0.286. The van der Waals surface area contributed by atoms with Crippen molar-refractivity contribution in [3.05, 3.63) is 35.5 Å². The van der Waals surface area contributed by atoms with E-state index < -0.39 is 0 Å². The molecular formula is C14H13NO2. The predicted molar refractivity (Wildman–Crippen MR) is 65.5 cm³/mol. The number of nitrogens with zero attached hydrogens (tertiary/aromatic N) is 1. The standard InChI is InChI=1S/C14H13NO2/c1-8-7-12(16)13-9(2)15-11-6-4-3-5-10(11)14(13)17-8/h3-6,8H,7H2,1-2H3. The highest BCUT2D eigenvalue weighted by atomic mass is 16.5. The molecule has 0 saturated carbocycles. The number of hydrogen-bond acceptors (Lipinski definition) is 3. The monoisotopic (exact) mass is 227 g/mol. The zero-order valence-corrected chi connectivity index (χ0v) is 9.86. The van der Waals surface area contributed by atoms with Gasteiger partial charge < -0.3 is 4.74 Å². The maximum Gasteiger partial charge on any atom is 0.172 e. The summed E-state index contributed by atoms with van der Waals surface area (Å²) in [4.78, 5) is 16.5. The van der Waals surface area contributed by atoms with E-state index in [1.807, 2.05) is 38.1 Å². The molecule has 1 aromatic heterocycles. The SMILES string of the molecule is Cc1nc2ccccc2c2c1C(=O)CC(C)O2. The number of benzene rings is 1. The van der Waals surface area contributed by atoms with Gasteiger partial charge in [0, 0.05) is 11.8 Å². The average molecular weight is 227 g/mol. The Kier molecular flexibility index (Phi) is 2.15. The van der Waals surface area contributed by atoms with Crippen LogP contribution in [0.15, 0.2) is 24.3 Å². The first kappa shape index (κ1) is 10.3. The van der Waals surface area contributed by atoms with Gasteiger partial charge in [-0.1, -0.05) is 12.1 Å². The number of carbonyl (C=O) groups is 1. The van der Waals surface area contributed by atoms with Crippen molar-refractivity contribution in [2.45, 2.75) is 26.4 Å². The lowest BCUT2D eigenvalue weighted by Gasteiger charge is -2.24. The number of hydrogen-bond donors (Lipinski definition) is 0. The number of fused-ring (bicyclic) bond motifs is 3. The molecule has 2 heterocycles. The minimum Gasteiger partial charge on any atom is -0.489 e. The van der Waals surface area contributed by atoms with E-state index in [9.17, 15) is 4.79 Å². The zero-order chi connectivity index (χ0) is 12.0. The zero-order valence-electron chi connectivity index (χ0n) is 9.86. The Hall–Kier alpha value is -1.90. The molecule has 0 fully saturated rings. The van der Waals surface area contributed by atoms with Crippen molar-refractivity contribution in [1.82, 2.24) is 4.98 Å². The summed E-state index contributed by atoms with van der Waals surface area (Å²) in [5.41, 5.74) is 2.29. The number of Topliss-reactive ketones (excluding diaryl/α,β-unsaturated/α-hetero) is 1. The molecule has 3 heteroatoms. The van der Waals surface area contributed by atoms with Crippen molar-refractivity contribution >= 4 is 16.7 Å². The fourth-order valence-electron chi connectivity index (χ4n) is 2.36. The number of rotatable bonds is 0. The lowest BCUT2D eigenvalue weighted by atomic mass is 9.98. The molecule has 1 aliphatic rings. The number of carbonyl (C=O) groups excluding carboxylic acids is 1. The minimum atomic E-state index is -0.0554. The molecule has 2 aromatic rings. The molecule has 0 amide bonds. The summed E-state index contributed by atoms with van der Waals surface area (Å²) in [5, 5.41) is 0.924. The summed E-state index contributed by atoms with van der Waals surface area (Å²) >= 11 is 0. The van der Waals surface area contributed by atoms with Crippen LogP contribution in [0.4, 0.5) is 0 Å². The van der Waals surface area contributed by atoms with Gasteiger partial charge in [-0.05, 0) is 26.0 Å². The number of aromatic nitrogens is 1. The van der Waals surface area contributed by atoms with Gasteiger partial charge in [-0.2, -0.15) is 0 Å². The number of aryl methyl sites for hydroxylation is 1.